The first kappa shape index (κ1) is 15.3. The molecule has 0 bridgehead atoms. The molecule has 0 N–H and O–H groups in total. The summed E-state index contributed by atoms with van der Waals surface area (Å²) in [5.41, 5.74) is 2.04. The Bertz CT molecular complexity index is 824. The number of furan rings is 1. The number of thioether (sulfide) groups is 1. The number of Topliss-reactive ketones (excluding diaryl/α,β-unsaturated/α-hetero) is 1. The van der Waals surface area contributed by atoms with Crippen LogP contribution >= 0.6 is 11.8 Å². The fourth-order valence-corrected chi connectivity index (χ4v) is 4.63. The Morgan fingerprint density at radius 3 is 2.54 bits per heavy atom. The van der Waals surface area contributed by atoms with Gasteiger partial charge in [0.25, 0.3) is 0 Å². The third-order valence-corrected chi connectivity index (χ3v) is 5.90. The zero-order valence-corrected chi connectivity index (χ0v) is 14.0. The zero-order chi connectivity index (χ0) is 16.4. The summed E-state index contributed by atoms with van der Waals surface area (Å²) in [6, 6.07) is 22.1. The Kier molecular flexibility index (Phi) is 4.26. The molecule has 0 saturated carbocycles. The maximum atomic E-state index is 13.1. The van der Waals surface area contributed by atoms with E-state index in [2.05, 4.69) is 18.2 Å². The van der Waals surface area contributed by atoms with E-state index in [0.29, 0.717) is 0 Å². The van der Waals surface area contributed by atoms with Crippen molar-refractivity contribution in [2.45, 2.75) is 23.0 Å². The van der Waals surface area contributed by atoms with Gasteiger partial charge in [0.05, 0.1) is 11.5 Å². The molecule has 0 unspecified atom stereocenters. The maximum Gasteiger partial charge on any atom is 0.167 e. The van der Waals surface area contributed by atoms with Gasteiger partial charge in [-0.1, -0.05) is 42.5 Å². The first-order valence-corrected chi connectivity index (χ1v) is 9.08. The van der Waals surface area contributed by atoms with Crippen LogP contribution in [0, 0.1) is 5.92 Å². The minimum Gasteiger partial charge on any atom is -0.468 e. The number of carbonyl (C=O) groups excluding carboxylic acids is 1. The number of aryl methyl sites for hydroxylation is 1. The van der Waals surface area contributed by atoms with E-state index in [-0.39, 0.29) is 17.0 Å². The Labute approximate surface area is 145 Å². The lowest BCUT2D eigenvalue weighted by atomic mass is 9.80. The molecule has 2 nitrogen and oxygen atoms in total. The fourth-order valence-electron chi connectivity index (χ4n) is 3.35. The van der Waals surface area contributed by atoms with Gasteiger partial charge in [0, 0.05) is 16.4 Å². The van der Waals surface area contributed by atoms with Crippen LogP contribution in [0.4, 0.5) is 0 Å². The van der Waals surface area contributed by atoms with Crippen LogP contribution < -0.4 is 0 Å². The highest BCUT2D eigenvalue weighted by Gasteiger charge is 2.36. The van der Waals surface area contributed by atoms with Crippen LogP contribution in [0.5, 0.6) is 0 Å². The van der Waals surface area contributed by atoms with Crippen molar-refractivity contribution < 1.29 is 9.21 Å². The average molecular weight is 334 g/mol. The van der Waals surface area contributed by atoms with Crippen molar-refractivity contribution in [1.82, 2.24) is 0 Å². The van der Waals surface area contributed by atoms with Crippen LogP contribution in [0.15, 0.2) is 82.3 Å². The monoisotopic (exact) mass is 334 g/mol. The molecule has 2 atom stereocenters. The third kappa shape index (κ3) is 2.92. The van der Waals surface area contributed by atoms with Crippen LogP contribution in [-0.4, -0.2) is 5.78 Å². The summed E-state index contributed by atoms with van der Waals surface area (Å²) in [7, 11) is 0. The number of carbonyl (C=O) groups is 1. The zero-order valence-electron chi connectivity index (χ0n) is 13.2. The molecule has 3 aromatic rings. The Hall–Kier alpha value is -2.26. The molecule has 120 valence electrons. The molecule has 0 fully saturated rings. The van der Waals surface area contributed by atoms with E-state index >= 15 is 0 Å². The Morgan fingerprint density at radius 2 is 1.75 bits per heavy atom. The first-order chi connectivity index (χ1) is 11.8. The molecule has 0 radical (unpaired) electrons. The lowest BCUT2D eigenvalue weighted by Gasteiger charge is -2.29. The minimum atomic E-state index is -0.0590. The van der Waals surface area contributed by atoms with Crippen molar-refractivity contribution in [2.24, 2.45) is 5.92 Å². The van der Waals surface area contributed by atoms with Crippen molar-refractivity contribution in [3.05, 3.63) is 89.9 Å². The van der Waals surface area contributed by atoms with E-state index in [1.165, 1.54) is 5.56 Å². The van der Waals surface area contributed by atoms with Crippen LogP contribution in [0.25, 0.3) is 0 Å². The van der Waals surface area contributed by atoms with Gasteiger partial charge in [-0.15, -0.1) is 11.8 Å². The number of ketones is 1. The van der Waals surface area contributed by atoms with Gasteiger partial charge in [0.15, 0.2) is 5.78 Å². The summed E-state index contributed by atoms with van der Waals surface area (Å²) < 4.78 is 5.68. The number of hydrogen-bond acceptors (Lipinski definition) is 3. The molecule has 1 aliphatic rings. The van der Waals surface area contributed by atoms with Gasteiger partial charge < -0.3 is 4.42 Å². The summed E-state index contributed by atoms with van der Waals surface area (Å²) in [6.45, 7) is 0. The van der Waals surface area contributed by atoms with Crippen LogP contribution in [-0.2, 0) is 6.42 Å². The minimum absolute atomic E-state index is 0.00301. The van der Waals surface area contributed by atoms with Gasteiger partial charge in [0.2, 0.25) is 0 Å². The van der Waals surface area contributed by atoms with E-state index in [9.17, 15) is 4.79 Å². The van der Waals surface area contributed by atoms with Crippen LogP contribution in [0.1, 0.15) is 33.4 Å². The number of benzene rings is 2. The molecule has 4 rings (SSSR count). The highest BCUT2D eigenvalue weighted by atomic mass is 32.2. The Morgan fingerprint density at radius 1 is 0.958 bits per heavy atom. The van der Waals surface area contributed by atoms with Crippen molar-refractivity contribution in [3.8, 4) is 0 Å². The molecule has 1 aromatic heterocycles. The van der Waals surface area contributed by atoms with E-state index < -0.39 is 0 Å². The van der Waals surface area contributed by atoms with Crippen molar-refractivity contribution in [2.75, 3.05) is 0 Å². The summed E-state index contributed by atoms with van der Waals surface area (Å²) in [5, 5.41) is 0.00301. The SMILES string of the molecule is O=C1c2ccccc2CC[C@@H]1[C@H](Sc1ccccc1)c1ccco1. The number of fused-ring (bicyclic) bond motifs is 1. The highest BCUT2D eigenvalue weighted by Crippen LogP contribution is 2.45. The summed E-state index contributed by atoms with van der Waals surface area (Å²) in [4.78, 5) is 14.2. The molecular formula is C21H18O2S. The van der Waals surface area contributed by atoms with Crippen LogP contribution in [0.3, 0.4) is 0 Å². The van der Waals surface area contributed by atoms with Gasteiger partial charge >= 0.3 is 0 Å². The average Bonchev–Trinajstić information content (AvgIpc) is 3.16. The standard InChI is InChI=1S/C21H18O2S/c22-20-17-10-5-4-7-15(17)12-13-18(20)21(19-11-6-14-23-19)24-16-8-2-1-3-9-16/h1-11,14,18,21H,12-13H2/t18-,21-/m0/s1. The molecule has 0 spiro atoms. The van der Waals surface area contributed by atoms with Gasteiger partial charge in [-0.3, -0.25) is 4.79 Å². The van der Waals surface area contributed by atoms with Gasteiger partial charge in [0.1, 0.15) is 5.76 Å². The molecule has 2 aromatic carbocycles. The second-order valence-electron chi connectivity index (χ2n) is 6.03. The summed E-state index contributed by atoms with van der Waals surface area (Å²) in [6.07, 6.45) is 3.50. The summed E-state index contributed by atoms with van der Waals surface area (Å²) >= 11 is 1.72. The quantitative estimate of drug-likeness (QED) is 0.585. The first-order valence-electron chi connectivity index (χ1n) is 8.20. The lowest BCUT2D eigenvalue weighted by molar-refractivity contribution is 0.0894. The second kappa shape index (κ2) is 6.70. The fraction of sp³-hybridized carbons (Fsp3) is 0.190. The number of hydrogen-bond donors (Lipinski definition) is 0. The molecule has 24 heavy (non-hydrogen) atoms. The second-order valence-corrected chi connectivity index (χ2v) is 7.25. The van der Waals surface area contributed by atoms with Crippen LogP contribution in [0.2, 0.25) is 0 Å². The number of rotatable bonds is 4. The predicted octanol–water partition coefficient (Wildman–Crippen LogP) is 5.56. The highest BCUT2D eigenvalue weighted by molar-refractivity contribution is 7.99. The topological polar surface area (TPSA) is 30.2 Å². The lowest BCUT2D eigenvalue weighted by Crippen LogP contribution is -2.26. The van der Waals surface area contributed by atoms with Gasteiger partial charge in [-0.2, -0.15) is 0 Å². The van der Waals surface area contributed by atoms with E-state index in [1.54, 1.807) is 18.0 Å². The molecule has 1 aliphatic carbocycles. The van der Waals surface area contributed by atoms with Gasteiger partial charge in [-0.05, 0) is 42.7 Å². The van der Waals surface area contributed by atoms with Crippen molar-refractivity contribution in [3.63, 3.8) is 0 Å². The van der Waals surface area contributed by atoms with Crippen molar-refractivity contribution in [1.29, 1.82) is 0 Å². The normalized spacial score (nSPS) is 18.2. The maximum absolute atomic E-state index is 13.1. The Balaban J connectivity index is 1.68. The van der Waals surface area contributed by atoms with E-state index in [1.807, 2.05) is 48.5 Å². The molecular weight excluding hydrogens is 316 g/mol. The van der Waals surface area contributed by atoms with Gasteiger partial charge in [-0.25, -0.2) is 0 Å². The smallest absolute Gasteiger partial charge is 0.167 e. The molecule has 0 amide bonds. The molecule has 1 heterocycles. The van der Waals surface area contributed by atoms with E-state index in [0.717, 1.165) is 29.1 Å². The largest absolute Gasteiger partial charge is 0.468 e. The third-order valence-electron chi connectivity index (χ3n) is 4.54. The molecule has 3 heteroatoms. The van der Waals surface area contributed by atoms with Crippen molar-refractivity contribution >= 4 is 17.5 Å². The van der Waals surface area contributed by atoms with E-state index in [4.69, 9.17) is 4.42 Å². The summed E-state index contributed by atoms with van der Waals surface area (Å²) in [5.74, 6) is 1.06. The predicted molar refractivity (Wildman–Crippen MR) is 96.3 cm³/mol. The molecule has 0 saturated heterocycles. The molecule has 0 aliphatic heterocycles.